The second-order valence-electron chi connectivity index (χ2n) is 7.70. The van der Waals surface area contributed by atoms with Gasteiger partial charge in [-0.05, 0) is 60.0 Å². The van der Waals surface area contributed by atoms with Crippen LogP contribution in [0.3, 0.4) is 0 Å². The molecular weight excluding hydrogens is 430 g/mol. The Bertz CT molecular complexity index is 1260. The van der Waals surface area contributed by atoms with Crippen LogP contribution < -0.4 is 0 Å². The summed E-state index contributed by atoms with van der Waals surface area (Å²) < 4.78 is 32.0. The van der Waals surface area contributed by atoms with Crippen LogP contribution in [0.25, 0.3) is 10.8 Å². The predicted octanol–water partition coefficient (Wildman–Crippen LogP) is 3.76. The van der Waals surface area contributed by atoms with Crippen molar-refractivity contribution in [3.8, 4) is 5.75 Å². The Balaban J connectivity index is 1.42. The molecule has 0 amide bonds. The fourth-order valence-electron chi connectivity index (χ4n) is 3.75. The molecule has 0 unspecified atom stereocenters. The van der Waals surface area contributed by atoms with E-state index in [0.29, 0.717) is 13.1 Å². The van der Waals surface area contributed by atoms with Crippen LogP contribution in [-0.2, 0) is 14.8 Å². The molecule has 3 aromatic rings. The van der Waals surface area contributed by atoms with Crippen molar-refractivity contribution in [2.75, 3.05) is 19.7 Å². The normalized spacial score (nSPS) is 14.9. The summed E-state index contributed by atoms with van der Waals surface area (Å²) in [6, 6.07) is 15.9. The van der Waals surface area contributed by atoms with Crippen LogP contribution in [0, 0.1) is 0 Å². The summed E-state index contributed by atoms with van der Waals surface area (Å²) in [6.07, 6.45) is 2.71. The first kappa shape index (κ1) is 22.0. The molecule has 1 heterocycles. The Morgan fingerprint density at radius 2 is 1.53 bits per heavy atom. The van der Waals surface area contributed by atoms with Gasteiger partial charge in [0.1, 0.15) is 11.3 Å². The Morgan fingerprint density at radius 1 is 0.906 bits per heavy atom. The lowest BCUT2D eigenvalue weighted by molar-refractivity contribution is 0.0472. The van der Waals surface area contributed by atoms with Crippen LogP contribution in [0.15, 0.2) is 65.6 Å². The third-order valence-electron chi connectivity index (χ3n) is 5.55. The highest BCUT2D eigenvalue weighted by Gasteiger charge is 2.26. The standard InChI is InChI=1S/C24H23NO6S/c26-22-15-19-7-3-2-6-18(19)14-21(22)24(28)31-16-23(27)17-8-10-20(11-9-17)32(29,30)25-12-4-1-5-13-25/h2-3,6-11,14-15,26H,1,4-5,12-13,16H2. The predicted molar refractivity (Wildman–Crippen MR) is 119 cm³/mol. The zero-order valence-electron chi connectivity index (χ0n) is 17.4. The number of carbonyl (C=O) groups excluding carboxylic acids is 2. The van der Waals surface area contributed by atoms with Crippen molar-refractivity contribution in [3.05, 3.63) is 71.8 Å². The van der Waals surface area contributed by atoms with Crippen LogP contribution >= 0.6 is 0 Å². The number of Topliss-reactive ketones (excluding diaryl/α,β-unsaturated/α-hetero) is 1. The number of rotatable bonds is 6. The van der Waals surface area contributed by atoms with Gasteiger partial charge >= 0.3 is 5.97 Å². The third kappa shape index (κ3) is 4.51. The van der Waals surface area contributed by atoms with Crippen molar-refractivity contribution in [1.82, 2.24) is 4.31 Å². The number of carbonyl (C=O) groups is 2. The maximum Gasteiger partial charge on any atom is 0.342 e. The van der Waals surface area contributed by atoms with Crippen molar-refractivity contribution in [3.63, 3.8) is 0 Å². The van der Waals surface area contributed by atoms with Gasteiger partial charge in [0.05, 0.1) is 4.90 Å². The van der Waals surface area contributed by atoms with Crippen molar-refractivity contribution in [2.45, 2.75) is 24.2 Å². The summed E-state index contributed by atoms with van der Waals surface area (Å²) in [5, 5.41) is 11.7. The minimum Gasteiger partial charge on any atom is -0.507 e. The number of hydrogen-bond donors (Lipinski definition) is 1. The number of ketones is 1. The summed E-state index contributed by atoms with van der Waals surface area (Å²) in [5.41, 5.74) is 0.206. The Morgan fingerprint density at radius 3 is 2.19 bits per heavy atom. The number of phenols is 1. The minimum absolute atomic E-state index is 0.0283. The number of piperidine rings is 1. The fraction of sp³-hybridized carbons (Fsp3) is 0.250. The first-order chi connectivity index (χ1) is 15.4. The molecule has 1 aliphatic heterocycles. The Kier molecular flexibility index (Phi) is 6.25. The smallest absolute Gasteiger partial charge is 0.342 e. The molecule has 1 fully saturated rings. The van der Waals surface area contributed by atoms with Crippen molar-refractivity contribution in [1.29, 1.82) is 0 Å². The van der Waals surface area contributed by atoms with E-state index in [4.69, 9.17) is 4.74 Å². The largest absolute Gasteiger partial charge is 0.507 e. The van der Waals surface area contributed by atoms with Gasteiger partial charge in [0.25, 0.3) is 0 Å². The van der Waals surface area contributed by atoms with Crippen LogP contribution in [0.5, 0.6) is 5.75 Å². The van der Waals surface area contributed by atoms with E-state index >= 15 is 0 Å². The van der Waals surface area contributed by atoms with E-state index in [1.54, 1.807) is 6.07 Å². The van der Waals surface area contributed by atoms with Gasteiger partial charge < -0.3 is 9.84 Å². The van der Waals surface area contributed by atoms with Crippen LogP contribution in [0.2, 0.25) is 0 Å². The van der Waals surface area contributed by atoms with E-state index in [2.05, 4.69) is 0 Å². The molecule has 0 spiro atoms. The van der Waals surface area contributed by atoms with Crippen LogP contribution in [0.4, 0.5) is 0 Å². The summed E-state index contributed by atoms with van der Waals surface area (Å²) in [4.78, 5) is 25.0. The zero-order chi connectivity index (χ0) is 22.7. The van der Waals surface area contributed by atoms with Gasteiger partial charge in [-0.15, -0.1) is 0 Å². The topological polar surface area (TPSA) is 101 Å². The zero-order valence-corrected chi connectivity index (χ0v) is 18.2. The molecule has 0 radical (unpaired) electrons. The highest BCUT2D eigenvalue weighted by atomic mass is 32.2. The quantitative estimate of drug-likeness (QED) is 0.451. The van der Waals surface area contributed by atoms with Gasteiger partial charge in [0, 0.05) is 18.7 Å². The van der Waals surface area contributed by atoms with E-state index in [9.17, 15) is 23.1 Å². The highest BCUT2D eigenvalue weighted by Crippen LogP contribution is 2.26. The first-order valence-electron chi connectivity index (χ1n) is 10.4. The fourth-order valence-corrected chi connectivity index (χ4v) is 5.27. The van der Waals surface area contributed by atoms with Crippen LogP contribution in [-0.4, -0.2) is 49.3 Å². The average Bonchev–Trinajstić information content (AvgIpc) is 2.82. The number of hydrogen-bond acceptors (Lipinski definition) is 6. The number of esters is 1. The number of ether oxygens (including phenoxy) is 1. The van der Waals surface area contributed by atoms with E-state index in [0.717, 1.165) is 30.0 Å². The molecule has 1 aliphatic rings. The molecule has 0 atom stereocenters. The minimum atomic E-state index is -3.58. The molecular formula is C24H23NO6S. The lowest BCUT2D eigenvalue weighted by Gasteiger charge is -2.25. The van der Waals surface area contributed by atoms with E-state index in [1.807, 2.05) is 18.2 Å². The Hall–Kier alpha value is -3.23. The summed E-state index contributed by atoms with van der Waals surface area (Å²) in [5.74, 6) is -1.51. The molecule has 7 nitrogen and oxygen atoms in total. The first-order valence-corrected chi connectivity index (χ1v) is 11.8. The van der Waals surface area contributed by atoms with Gasteiger partial charge in [-0.2, -0.15) is 4.31 Å². The van der Waals surface area contributed by atoms with E-state index < -0.39 is 28.4 Å². The average molecular weight is 454 g/mol. The summed E-state index contributed by atoms with van der Waals surface area (Å²) in [7, 11) is -3.58. The molecule has 0 aromatic heterocycles. The molecule has 0 bridgehead atoms. The number of benzene rings is 3. The lowest BCUT2D eigenvalue weighted by atomic mass is 10.1. The highest BCUT2D eigenvalue weighted by molar-refractivity contribution is 7.89. The number of phenolic OH excluding ortho intramolecular Hbond substituents is 1. The number of aromatic hydroxyl groups is 1. The Labute approximate surface area is 186 Å². The molecule has 1 N–H and O–H groups in total. The number of nitrogens with zero attached hydrogens (tertiary/aromatic N) is 1. The monoisotopic (exact) mass is 453 g/mol. The SMILES string of the molecule is O=C(COC(=O)c1cc2ccccc2cc1O)c1ccc(S(=O)(=O)N2CCCCC2)cc1. The molecule has 4 rings (SSSR count). The van der Waals surface area contributed by atoms with Crippen LogP contribution in [0.1, 0.15) is 40.0 Å². The van der Waals surface area contributed by atoms with E-state index in [1.165, 1.54) is 40.7 Å². The van der Waals surface area contributed by atoms with Crippen molar-refractivity contribution >= 4 is 32.5 Å². The molecule has 0 aliphatic carbocycles. The van der Waals surface area contributed by atoms with Gasteiger partial charge in [0.15, 0.2) is 12.4 Å². The second-order valence-corrected chi connectivity index (χ2v) is 9.64. The number of fused-ring (bicyclic) bond motifs is 1. The third-order valence-corrected chi connectivity index (χ3v) is 7.46. The van der Waals surface area contributed by atoms with Crippen molar-refractivity contribution < 1.29 is 27.9 Å². The molecule has 3 aromatic carbocycles. The van der Waals surface area contributed by atoms with Gasteiger partial charge in [0.2, 0.25) is 10.0 Å². The van der Waals surface area contributed by atoms with Gasteiger partial charge in [-0.1, -0.05) is 30.7 Å². The lowest BCUT2D eigenvalue weighted by Crippen LogP contribution is -2.35. The molecule has 8 heteroatoms. The van der Waals surface area contributed by atoms with Gasteiger partial charge in [-0.3, -0.25) is 4.79 Å². The maximum absolute atomic E-state index is 12.7. The molecule has 32 heavy (non-hydrogen) atoms. The van der Waals surface area contributed by atoms with E-state index in [-0.39, 0.29) is 21.8 Å². The van der Waals surface area contributed by atoms with Crippen molar-refractivity contribution in [2.24, 2.45) is 0 Å². The molecule has 166 valence electrons. The second kappa shape index (κ2) is 9.10. The molecule has 0 saturated carbocycles. The number of sulfonamides is 1. The van der Waals surface area contributed by atoms with Gasteiger partial charge in [-0.25, -0.2) is 13.2 Å². The maximum atomic E-state index is 12.7. The molecule has 1 saturated heterocycles. The summed E-state index contributed by atoms with van der Waals surface area (Å²) >= 11 is 0. The summed E-state index contributed by atoms with van der Waals surface area (Å²) in [6.45, 7) is 0.477.